The summed E-state index contributed by atoms with van der Waals surface area (Å²) in [5.41, 5.74) is 3.92. The Hall–Kier alpha value is -1.59. The molecule has 2 unspecified atom stereocenters. The second-order valence-corrected chi connectivity index (χ2v) is 6.98. The Kier molecular flexibility index (Phi) is 2.94. The summed E-state index contributed by atoms with van der Waals surface area (Å²) in [6, 6.07) is 12.7. The van der Waals surface area contributed by atoms with Crippen LogP contribution in [0.2, 0.25) is 0 Å². The summed E-state index contributed by atoms with van der Waals surface area (Å²) in [6.45, 7) is 0. The average Bonchev–Trinajstić information content (AvgIpc) is 3.28. The molecule has 1 aromatic carbocycles. The van der Waals surface area contributed by atoms with Crippen molar-refractivity contribution in [3.63, 3.8) is 0 Å². The van der Waals surface area contributed by atoms with Crippen LogP contribution in [-0.4, -0.2) is 24.0 Å². The average molecular weight is 278 g/mol. The van der Waals surface area contributed by atoms with Crippen molar-refractivity contribution in [3.8, 4) is 6.07 Å². The van der Waals surface area contributed by atoms with Crippen molar-refractivity contribution in [1.29, 1.82) is 5.26 Å². The molecular weight excluding hydrogens is 256 g/mol. The lowest BCUT2D eigenvalue weighted by Gasteiger charge is -2.42. The molecule has 0 spiro atoms. The zero-order valence-electron chi connectivity index (χ0n) is 12.7. The first kappa shape index (κ1) is 13.1. The summed E-state index contributed by atoms with van der Waals surface area (Å²) >= 11 is 0. The molecule has 2 aliphatic heterocycles. The molecule has 0 radical (unpaired) electrons. The second-order valence-electron chi connectivity index (χ2n) is 6.98. The molecule has 2 nitrogen and oxygen atoms in total. The molecular formula is C19H22N2. The van der Waals surface area contributed by atoms with E-state index in [1.165, 1.54) is 42.4 Å². The molecule has 4 rings (SSSR count). The van der Waals surface area contributed by atoms with Crippen LogP contribution in [0.1, 0.15) is 49.7 Å². The number of nitrogens with zero attached hydrogens (tertiary/aromatic N) is 2. The summed E-state index contributed by atoms with van der Waals surface area (Å²) in [5, 5.41) is 9.30. The van der Waals surface area contributed by atoms with Crippen LogP contribution in [0.5, 0.6) is 0 Å². The molecule has 3 aliphatic rings. The SMILES string of the molecule is CN1C2C=C(c3ccc(C4(C#N)CC4)cc3)CC1CCC2. The Balaban J connectivity index is 1.61. The van der Waals surface area contributed by atoms with Gasteiger partial charge in [-0.15, -0.1) is 0 Å². The van der Waals surface area contributed by atoms with Crippen molar-refractivity contribution >= 4 is 5.57 Å². The lowest BCUT2D eigenvalue weighted by atomic mass is 9.83. The molecule has 0 amide bonds. The van der Waals surface area contributed by atoms with Gasteiger partial charge >= 0.3 is 0 Å². The van der Waals surface area contributed by atoms with Gasteiger partial charge in [-0.2, -0.15) is 5.26 Å². The minimum atomic E-state index is -0.157. The van der Waals surface area contributed by atoms with Gasteiger partial charge in [0.25, 0.3) is 0 Å². The van der Waals surface area contributed by atoms with Crippen LogP contribution in [-0.2, 0) is 5.41 Å². The van der Waals surface area contributed by atoms with Gasteiger partial charge in [0.05, 0.1) is 11.5 Å². The van der Waals surface area contributed by atoms with Gasteiger partial charge in [-0.25, -0.2) is 0 Å². The van der Waals surface area contributed by atoms with Crippen LogP contribution in [0, 0.1) is 11.3 Å². The van der Waals surface area contributed by atoms with Crippen molar-refractivity contribution in [1.82, 2.24) is 4.90 Å². The third-order valence-corrected chi connectivity index (χ3v) is 5.76. The summed E-state index contributed by atoms with van der Waals surface area (Å²) in [4.78, 5) is 2.55. The number of hydrogen-bond acceptors (Lipinski definition) is 2. The van der Waals surface area contributed by atoms with E-state index < -0.39 is 0 Å². The molecule has 2 fully saturated rings. The zero-order chi connectivity index (χ0) is 14.4. The highest BCUT2D eigenvalue weighted by atomic mass is 15.2. The monoisotopic (exact) mass is 278 g/mol. The van der Waals surface area contributed by atoms with Crippen LogP contribution >= 0.6 is 0 Å². The normalized spacial score (nSPS) is 30.4. The third-order valence-electron chi connectivity index (χ3n) is 5.76. The standard InChI is InChI=1S/C19H22N2/c1-21-17-3-2-4-18(21)12-15(11-17)14-5-7-16(8-6-14)19(13-20)9-10-19/h5-8,11,17-18H,2-4,9-10,12H2,1H3. The van der Waals surface area contributed by atoms with Crippen LogP contribution < -0.4 is 0 Å². The van der Waals surface area contributed by atoms with Gasteiger partial charge in [0, 0.05) is 12.1 Å². The van der Waals surface area contributed by atoms with Crippen LogP contribution in [0.3, 0.4) is 0 Å². The number of likely N-dealkylation sites (N-methyl/N-ethyl adjacent to an activating group) is 1. The molecule has 108 valence electrons. The maximum absolute atomic E-state index is 9.30. The minimum Gasteiger partial charge on any atom is -0.297 e. The largest absolute Gasteiger partial charge is 0.297 e. The Morgan fingerprint density at radius 1 is 1.19 bits per heavy atom. The van der Waals surface area contributed by atoms with Gasteiger partial charge in [-0.05, 0) is 55.9 Å². The fraction of sp³-hybridized carbons (Fsp3) is 0.526. The van der Waals surface area contributed by atoms with Gasteiger partial charge in [-0.3, -0.25) is 4.90 Å². The highest BCUT2D eigenvalue weighted by Gasteiger charge is 2.44. The van der Waals surface area contributed by atoms with E-state index in [2.05, 4.69) is 48.4 Å². The molecule has 21 heavy (non-hydrogen) atoms. The van der Waals surface area contributed by atoms with Gasteiger partial charge in [-0.1, -0.05) is 36.8 Å². The Morgan fingerprint density at radius 2 is 1.95 bits per heavy atom. The summed E-state index contributed by atoms with van der Waals surface area (Å²) in [7, 11) is 2.27. The second kappa shape index (κ2) is 4.71. The van der Waals surface area contributed by atoms with Gasteiger partial charge in [0.15, 0.2) is 0 Å². The van der Waals surface area contributed by atoms with E-state index in [0.29, 0.717) is 6.04 Å². The number of hydrogen-bond donors (Lipinski definition) is 0. The van der Waals surface area contributed by atoms with Crippen molar-refractivity contribution < 1.29 is 0 Å². The predicted molar refractivity (Wildman–Crippen MR) is 84.8 cm³/mol. The quantitative estimate of drug-likeness (QED) is 0.821. The molecule has 1 saturated carbocycles. The van der Waals surface area contributed by atoms with Gasteiger partial charge in [0.2, 0.25) is 0 Å². The first-order chi connectivity index (χ1) is 10.2. The Bertz CT molecular complexity index is 616. The molecule has 1 saturated heterocycles. The molecule has 1 aliphatic carbocycles. The highest BCUT2D eigenvalue weighted by Crippen LogP contribution is 2.47. The van der Waals surface area contributed by atoms with E-state index >= 15 is 0 Å². The van der Waals surface area contributed by atoms with E-state index in [4.69, 9.17) is 0 Å². The minimum absolute atomic E-state index is 0.157. The maximum Gasteiger partial charge on any atom is 0.0823 e. The van der Waals surface area contributed by atoms with Crippen molar-refractivity contribution in [3.05, 3.63) is 41.5 Å². The summed E-state index contributed by atoms with van der Waals surface area (Å²) < 4.78 is 0. The van der Waals surface area contributed by atoms with E-state index in [1.807, 2.05) is 0 Å². The molecule has 0 N–H and O–H groups in total. The Labute approximate surface area is 127 Å². The number of piperidine rings is 1. The van der Waals surface area contributed by atoms with Gasteiger partial charge < -0.3 is 0 Å². The van der Waals surface area contributed by atoms with Crippen LogP contribution in [0.4, 0.5) is 0 Å². The third kappa shape index (κ3) is 2.12. The van der Waals surface area contributed by atoms with E-state index in [-0.39, 0.29) is 5.41 Å². The van der Waals surface area contributed by atoms with Crippen molar-refractivity contribution in [2.75, 3.05) is 7.05 Å². The number of rotatable bonds is 2. The lowest BCUT2D eigenvalue weighted by Crippen LogP contribution is -2.45. The fourth-order valence-electron chi connectivity index (χ4n) is 4.05. The Morgan fingerprint density at radius 3 is 2.57 bits per heavy atom. The number of benzene rings is 1. The molecule has 2 heterocycles. The predicted octanol–water partition coefficient (Wildman–Crippen LogP) is 3.88. The molecule has 1 aromatic rings. The fourth-order valence-corrected chi connectivity index (χ4v) is 4.05. The topological polar surface area (TPSA) is 27.0 Å². The van der Waals surface area contributed by atoms with Crippen LogP contribution in [0.25, 0.3) is 5.57 Å². The van der Waals surface area contributed by atoms with E-state index in [9.17, 15) is 5.26 Å². The zero-order valence-corrected chi connectivity index (χ0v) is 12.7. The van der Waals surface area contributed by atoms with Crippen LogP contribution in [0.15, 0.2) is 30.3 Å². The molecule has 2 bridgehead atoms. The first-order valence-corrected chi connectivity index (χ1v) is 8.17. The summed E-state index contributed by atoms with van der Waals surface area (Å²) in [5.74, 6) is 0. The number of nitriles is 1. The highest BCUT2D eigenvalue weighted by molar-refractivity contribution is 5.68. The van der Waals surface area contributed by atoms with E-state index in [1.54, 1.807) is 0 Å². The molecule has 2 heteroatoms. The molecule has 0 aromatic heterocycles. The maximum atomic E-state index is 9.30. The number of fused-ring (bicyclic) bond motifs is 2. The molecule has 2 atom stereocenters. The van der Waals surface area contributed by atoms with E-state index in [0.717, 1.165) is 18.9 Å². The van der Waals surface area contributed by atoms with Crippen molar-refractivity contribution in [2.24, 2.45) is 0 Å². The summed E-state index contributed by atoms with van der Waals surface area (Å²) in [6.07, 6.45) is 9.71. The smallest absolute Gasteiger partial charge is 0.0823 e. The first-order valence-electron chi connectivity index (χ1n) is 8.17. The lowest BCUT2D eigenvalue weighted by molar-refractivity contribution is 0.137. The van der Waals surface area contributed by atoms with Gasteiger partial charge in [0.1, 0.15) is 0 Å². The van der Waals surface area contributed by atoms with Crippen molar-refractivity contribution in [2.45, 2.75) is 56.0 Å².